The summed E-state index contributed by atoms with van der Waals surface area (Å²) in [5.41, 5.74) is 2.31. The van der Waals surface area contributed by atoms with Crippen LogP contribution in [-0.2, 0) is 11.2 Å². The summed E-state index contributed by atoms with van der Waals surface area (Å²) in [6, 6.07) is 4.20. The maximum absolute atomic E-state index is 5.53. The molecule has 0 radical (unpaired) electrons. The van der Waals surface area contributed by atoms with E-state index in [1.54, 1.807) is 0 Å². The third-order valence-electron chi connectivity index (χ3n) is 4.02. The van der Waals surface area contributed by atoms with Gasteiger partial charge in [-0.05, 0) is 38.3 Å². The summed E-state index contributed by atoms with van der Waals surface area (Å²) >= 11 is 0. The van der Waals surface area contributed by atoms with Crippen molar-refractivity contribution >= 4 is 5.96 Å². The number of likely N-dealkylation sites (tertiary alicyclic amines) is 1. The van der Waals surface area contributed by atoms with Crippen molar-refractivity contribution in [2.75, 3.05) is 39.9 Å². The monoisotopic (exact) mass is 304 g/mol. The second-order valence-electron chi connectivity index (χ2n) is 5.79. The number of guanidine groups is 1. The molecular weight excluding hydrogens is 276 g/mol. The van der Waals surface area contributed by atoms with Crippen LogP contribution in [-0.4, -0.2) is 55.7 Å². The summed E-state index contributed by atoms with van der Waals surface area (Å²) in [4.78, 5) is 11.1. The summed E-state index contributed by atoms with van der Waals surface area (Å²) in [6.45, 7) is 8.69. The first-order valence-corrected chi connectivity index (χ1v) is 8.17. The number of ether oxygens (including phenoxy) is 1. The highest BCUT2D eigenvalue weighted by atomic mass is 16.5. The van der Waals surface area contributed by atoms with Crippen molar-refractivity contribution in [1.82, 2.24) is 15.2 Å². The third kappa shape index (κ3) is 4.98. The van der Waals surface area contributed by atoms with Crippen LogP contribution in [0.2, 0.25) is 0 Å². The average Bonchev–Trinajstić information content (AvgIpc) is 3.00. The molecule has 0 aliphatic carbocycles. The van der Waals surface area contributed by atoms with Gasteiger partial charge in [-0.25, -0.2) is 0 Å². The van der Waals surface area contributed by atoms with Gasteiger partial charge in [-0.15, -0.1) is 0 Å². The molecule has 2 heterocycles. The zero-order valence-corrected chi connectivity index (χ0v) is 14.0. The molecule has 2 rings (SSSR count). The topological polar surface area (TPSA) is 49.8 Å². The van der Waals surface area contributed by atoms with Crippen LogP contribution < -0.4 is 5.32 Å². The fraction of sp³-hybridized carbons (Fsp3) is 0.647. The standard InChI is InChI=1S/C17H28N4O/c1-4-22-13-16-8-10-21(12-16)17(18-3)19-9-7-15-6-5-14(2)20-11-15/h5-6,11,16H,4,7-10,12-13H2,1-3H3,(H,18,19). The SMILES string of the molecule is CCOCC1CCN(C(=NC)NCCc2ccc(C)nc2)C1. The van der Waals surface area contributed by atoms with Gasteiger partial charge in [0.1, 0.15) is 0 Å². The van der Waals surface area contributed by atoms with E-state index in [1.165, 1.54) is 12.0 Å². The second kappa shape index (κ2) is 8.73. The van der Waals surface area contributed by atoms with Crippen molar-refractivity contribution in [2.24, 2.45) is 10.9 Å². The van der Waals surface area contributed by atoms with Crippen molar-refractivity contribution in [3.8, 4) is 0 Å². The Labute approximate surface area is 133 Å². The lowest BCUT2D eigenvalue weighted by Gasteiger charge is -2.21. The van der Waals surface area contributed by atoms with Crippen molar-refractivity contribution < 1.29 is 4.74 Å². The molecule has 1 saturated heterocycles. The first-order valence-electron chi connectivity index (χ1n) is 8.17. The fourth-order valence-corrected chi connectivity index (χ4v) is 2.74. The quantitative estimate of drug-likeness (QED) is 0.644. The number of rotatable bonds is 6. The summed E-state index contributed by atoms with van der Waals surface area (Å²) in [6.07, 6.45) is 4.10. The van der Waals surface area contributed by atoms with Crippen LogP contribution in [0.1, 0.15) is 24.6 Å². The van der Waals surface area contributed by atoms with E-state index in [-0.39, 0.29) is 0 Å². The lowest BCUT2D eigenvalue weighted by atomic mass is 10.1. The predicted octanol–water partition coefficient (Wildman–Crippen LogP) is 1.87. The van der Waals surface area contributed by atoms with Gasteiger partial charge in [-0.3, -0.25) is 9.98 Å². The Morgan fingerprint density at radius 2 is 2.36 bits per heavy atom. The summed E-state index contributed by atoms with van der Waals surface area (Å²) < 4.78 is 5.53. The molecule has 0 saturated carbocycles. The molecule has 22 heavy (non-hydrogen) atoms. The highest BCUT2D eigenvalue weighted by Gasteiger charge is 2.24. The molecule has 1 fully saturated rings. The van der Waals surface area contributed by atoms with E-state index in [1.807, 2.05) is 27.1 Å². The Hall–Kier alpha value is -1.62. The fourth-order valence-electron chi connectivity index (χ4n) is 2.74. The minimum atomic E-state index is 0.625. The third-order valence-corrected chi connectivity index (χ3v) is 4.02. The molecule has 1 unspecified atom stereocenters. The lowest BCUT2D eigenvalue weighted by Crippen LogP contribution is -2.41. The van der Waals surface area contributed by atoms with Crippen molar-refractivity contribution in [1.29, 1.82) is 0 Å². The Balaban J connectivity index is 1.75. The maximum Gasteiger partial charge on any atom is 0.193 e. The highest BCUT2D eigenvalue weighted by Crippen LogP contribution is 2.16. The number of hydrogen-bond donors (Lipinski definition) is 1. The summed E-state index contributed by atoms with van der Waals surface area (Å²) in [7, 11) is 1.85. The minimum Gasteiger partial charge on any atom is -0.381 e. The molecule has 0 spiro atoms. The molecule has 1 aliphatic rings. The van der Waals surface area contributed by atoms with Crippen molar-refractivity contribution in [2.45, 2.75) is 26.7 Å². The molecule has 0 aromatic carbocycles. The number of hydrogen-bond acceptors (Lipinski definition) is 3. The first kappa shape index (κ1) is 16.7. The predicted molar refractivity (Wildman–Crippen MR) is 90.2 cm³/mol. The van der Waals surface area contributed by atoms with Gasteiger partial charge in [-0.2, -0.15) is 0 Å². The summed E-state index contributed by atoms with van der Waals surface area (Å²) in [5, 5.41) is 3.46. The van der Waals surface area contributed by atoms with Crippen LogP contribution in [0.15, 0.2) is 23.3 Å². The second-order valence-corrected chi connectivity index (χ2v) is 5.79. The lowest BCUT2D eigenvalue weighted by molar-refractivity contribution is 0.114. The molecule has 0 bridgehead atoms. The van der Waals surface area contributed by atoms with Gasteiger partial charge in [0.15, 0.2) is 5.96 Å². The molecule has 1 N–H and O–H groups in total. The number of nitrogens with zero attached hydrogens (tertiary/aromatic N) is 3. The van der Waals surface area contributed by atoms with E-state index in [0.29, 0.717) is 5.92 Å². The normalized spacial score (nSPS) is 18.8. The first-order chi connectivity index (χ1) is 10.7. The molecule has 1 atom stereocenters. The highest BCUT2D eigenvalue weighted by molar-refractivity contribution is 5.80. The molecule has 122 valence electrons. The zero-order valence-electron chi connectivity index (χ0n) is 14.0. The van der Waals surface area contributed by atoms with E-state index < -0.39 is 0 Å². The summed E-state index contributed by atoms with van der Waals surface area (Å²) in [5.74, 6) is 1.62. The van der Waals surface area contributed by atoms with Crippen LogP contribution in [0.5, 0.6) is 0 Å². The van der Waals surface area contributed by atoms with Gasteiger partial charge in [0.05, 0.1) is 6.61 Å². The minimum absolute atomic E-state index is 0.625. The number of pyridine rings is 1. The van der Waals surface area contributed by atoms with Crippen LogP contribution >= 0.6 is 0 Å². The number of aliphatic imine (C=N–C) groups is 1. The van der Waals surface area contributed by atoms with Gasteiger partial charge in [0, 0.05) is 51.1 Å². The van der Waals surface area contributed by atoms with Gasteiger partial charge in [0.2, 0.25) is 0 Å². The Morgan fingerprint density at radius 1 is 1.50 bits per heavy atom. The average molecular weight is 304 g/mol. The zero-order chi connectivity index (χ0) is 15.8. The number of aryl methyl sites for hydroxylation is 1. The van der Waals surface area contributed by atoms with Crippen LogP contribution in [0.25, 0.3) is 0 Å². The Bertz CT molecular complexity index is 472. The van der Waals surface area contributed by atoms with Crippen molar-refractivity contribution in [3.63, 3.8) is 0 Å². The van der Waals surface area contributed by atoms with Gasteiger partial charge in [0.25, 0.3) is 0 Å². The number of aromatic nitrogens is 1. The van der Waals surface area contributed by atoms with Crippen LogP contribution in [0.3, 0.4) is 0 Å². The van der Waals surface area contributed by atoms with E-state index in [9.17, 15) is 0 Å². The van der Waals surface area contributed by atoms with Crippen LogP contribution in [0, 0.1) is 12.8 Å². The van der Waals surface area contributed by atoms with Crippen molar-refractivity contribution in [3.05, 3.63) is 29.6 Å². The molecule has 0 amide bonds. The Kier molecular flexibility index (Phi) is 6.65. The Morgan fingerprint density at radius 3 is 3.05 bits per heavy atom. The van der Waals surface area contributed by atoms with Crippen LogP contribution in [0.4, 0.5) is 0 Å². The molecule has 1 aromatic rings. The van der Waals surface area contributed by atoms with E-state index >= 15 is 0 Å². The largest absolute Gasteiger partial charge is 0.381 e. The van der Waals surface area contributed by atoms with E-state index in [0.717, 1.165) is 50.9 Å². The molecule has 1 aromatic heterocycles. The maximum atomic E-state index is 5.53. The van der Waals surface area contributed by atoms with Gasteiger partial charge < -0.3 is 15.0 Å². The molecule has 5 nitrogen and oxygen atoms in total. The van der Waals surface area contributed by atoms with E-state index in [2.05, 4.69) is 32.3 Å². The smallest absolute Gasteiger partial charge is 0.193 e. The number of nitrogens with one attached hydrogen (secondary N) is 1. The molecule has 5 heteroatoms. The van der Waals surface area contributed by atoms with E-state index in [4.69, 9.17) is 4.74 Å². The van der Waals surface area contributed by atoms with Gasteiger partial charge >= 0.3 is 0 Å². The van der Waals surface area contributed by atoms with Gasteiger partial charge in [-0.1, -0.05) is 6.07 Å². The molecule has 1 aliphatic heterocycles. The molecular formula is C17H28N4O.